The molecule has 0 bridgehead atoms. The average Bonchev–Trinajstić information content (AvgIpc) is 3.17. The molecule has 0 heterocycles. The van der Waals surface area contributed by atoms with Gasteiger partial charge in [0.1, 0.15) is 0 Å². The van der Waals surface area contributed by atoms with Gasteiger partial charge in [0.2, 0.25) is 5.91 Å². The lowest BCUT2D eigenvalue weighted by Gasteiger charge is -2.62. The Morgan fingerprint density at radius 3 is 2.54 bits per heavy atom. The third-order valence-electron chi connectivity index (χ3n) is 12.0. The molecule has 0 radical (unpaired) electrons. The zero-order valence-electron chi connectivity index (χ0n) is 24.2. The number of aliphatic hydroxyl groups excluding tert-OH is 2. The first-order valence-electron chi connectivity index (χ1n) is 15.0. The van der Waals surface area contributed by atoms with E-state index in [0.29, 0.717) is 48.5 Å². The summed E-state index contributed by atoms with van der Waals surface area (Å²) in [5.74, 6) is 3.63. The van der Waals surface area contributed by atoms with Crippen LogP contribution in [0.15, 0.2) is 12.7 Å². The molecule has 6 heteroatoms. The van der Waals surface area contributed by atoms with Gasteiger partial charge in [-0.05, 0) is 110 Å². The van der Waals surface area contributed by atoms with E-state index in [4.69, 9.17) is 0 Å². The van der Waals surface area contributed by atoms with E-state index >= 15 is 0 Å². The minimum atomic E-state index is -0.250. The molecule has 0 aromatic rings. The minimum Gasteiger partial charge on any atom is -1.00 e. The Hall–Kier alpha value is -0.180. The smallest absolute Gasteiger partial charge is 0.220 e. The Morgan fingerprint density at radius 2 is 1.84 bits per heavy atom. The van der Waals surface area contributed by atoms with Crippen LogP contribution in [0.1, 0.15) is 85.0 Å². The lowest BCUT2D eigenvalue weighted by Crippen LogP contribution is -3.00. The van der Waals surface area contributed by atoms with E-state index in [1.807, 2.05) is 6.08 Å². The van der Waals surface area contributed by atoms with Crippen LogP contribution in [-0.2, 0) is 4.79 Å². The molecule has 5 unspecified atom stereocenters. The normalized spacial score (nSPS) is 42.0. The fourth-order valence-corrected chi connectivity index (χ4v) is 9.75. The summed E-state index contributed by atoms with van der Waals surface area (Å²) in [5.41, 5.74) is 0.256. The number of carbonyl (C=O) groups is 1. The van der Waals surface area contributed by atoms with Gasteiger partial charge in [0.05, 0.1) is 45.9 Å². The van der Waals surface area contributed by atoms with Crippen LogP contribution in [0.25, 0.3) is 0 Å². The van der Waals surface area contributed by atoms with Gasteiger partial charge in [-0.3, -0.25) is 4.79 Å². The second-order valence-electron chi connectivity index (χ2n) is 14.4. The first-order valence-corrected chi connectivity index (χ1v) is 15.0. The predicted molar refractivity (Wildman–Crippen MR) is 146 cm³/mol. The lowest BCUT2D eigenvalue weighted by molar-refractivity contribution is -0.883. The molecule has 0 spiro atoms. The van der Waals surface area contributed by atoms with Crippen LogP contribution in [-0.4, -0.2) is 66.5 Å². The van der Waals surface area contributed by atoms with Crippen LogP contribution < -0.4 is 29.3 Å². The van der Waals surface area contributed by atoms with Crippen LogP contribution in [0.4, 0.5) is 0 Å². The zero-order valence-corrected chi connectivity index (χ0v) is 26.4. The molecule has 5 nitrogen and oxygen atoms in total. The van der Waals surface area contributed by atoms with Gasteiger partial charge >= 0.3 is 0 Å². The summed E-state index contributed by atoms with van der Waals surface area (Å²) in [7, 11) is 4.33. The standard InChI is InChI=1S/C31H54N2O3.HI/c1-7-17-33(5,6)18-16-32-29(36)13-8-21(2)25-11-12-26-24-10-9-22-19-23(34)14-15-30(22,3)27(24)20-28(35)31(25,26)4;/h7,21-28,34-35H,1,8-20H2,2-6H3;1H/t21?,22?,23-,24?,25-,26?,27?,28+,30+,31-;/m1./s1. The van der Waals surface area contributed by atoms with Crippen molar-refractivity contribution < 1.29 is 43.5 Å². The number of nitrogens with zero attached hydrogens (tertiary/aromatic N) is 1. The summed E-state index contributed by atoms with van der Waals surface area (Å²) in [5, 5.41) is 25.2. The van der Waals surface area contributed by atoms with Crippen LogP contribution in [0.5, 0.6) is 0 Å². The van der Waals surface area contributed by atoms with Gasteiger partial charge in [0.15, 0.2) is 0 Å². The molecular weight excluding hydrogens is 575 g/mol. The highest BCUT2D eigenvalue weighted by molar-refractivity contribution is 5.75. The lowest BCUT2D eigenvalue weighted by atomic mass is 9.43. The highest BCUT2D eigenvalue weighted by Gasteiger charge is 2.63. The molecule has 0 saturated heterocycles. The predicted octanol–water partition coefficient (Wildman–Crippen LogP) is 1.78. The summed E-state index contributed by atoms with van der Waals surface area (Å²) in [6.07, 6.45) is 11.9. The molecule has 0 aromatic heterocycles. The maximum Gasteiger partial charge on any atom is 0.220 e. The van der Waals surface area contributed by atoms with Gasteiger partial charge in [0.25, 0.3) is 0 Å². The number of amides is 1. The van der Waals surface area contributed by atoms with Crippen molar-refractivity contribution in [1.29, 1.82) is 0 Å². The van der Waals surface area contributed by atoms with Crippen LogP contribution in [0, 0.1) is 46.3 Å². The molecule has 0 aromatic carbocycles. The largest absolute Gasteiger partial charge is 1.00 e. The first-order chi connectivity index (χ1) is 16.9. The average molecular weight is 631 g/mol. The van der Waals surface area contributed by atoms with E-state index in [1.54, 1.807) is 0 Å². The summed E-state index contributed by atoms with van der Waals surface area (Å²) in [6.45, 7) is 13.6. The molecule has 4 saturated carbocycles. The molecule has 10 atom stereocenters. The van der Waals surface area contributed by atoms with Crippen molar-refractivity contribution in [1.82, 2.24) is 5.32 Å². The maximum absolute atomic E-state index is 12.6. The molecule has 4 aliphatic rings. The topological polar surface area (TPSA) is 69.6 Å². The molecular formula is C31H55IN2O3. The Kier molecular flexibility index (Phi) is 10.3. The molecule has 1 amide bonds. The Labute approximate surface area is 243 Å². The van der Waals surface area contributed by atoms with Gasteiger partial charge in [-0.1, -0.05) is 27.4 Å². The van der Waals surface area contributed by atoms with Crippen LogP contribution >= 0.6 is 0 Å². The minimum absolute atomic E-state index is 0. The monoisotopic (exact) mass is 630 g/mol. The van der Waals surface area contributed by atoms with Crippen LogP contribution in [0.3, 0.4) is 0 Å². The number of fused-ring (bicyclic) bond motifs is 5. The summed E-state index contributed by atoms with van der Waals surface area (Å²) in [6, 6.07) is 0. The van der Waals surface area contributed by atoms with Gasteiger partial charge in [-0.25, -0.2) is 0 Å². The fourth-order valence-electron chi connectivity index (χ4n) is 9.75. The quantitative estimate of drug-likeness (QED) is 0.207. The molecule has 4 aliphatic carbocycles. The Bertz CT molecular complexity index is 805. The second kappa shape index (κ2) is 12.1. The second-order valence-corrected chi connectivity index (χ2v) is 14.4. The number of likely N-dealkylation sites (N-methyl/N-ethyl adjacent to an activating group) is 1. The van der Waals surface area contributed by atoms with E-state index in [0.717, 1.165) is 49.7 Å². The van der Waals surface area contributed by atoms with E-state index in [2.05, 4.69) is 46.8 Å². The summed E-state index contributed by atoms with van der Waals surface area (Å²) >= 11 is 0. The van der Waals surface area contributed by atoms with Crippen LogP contribution in [0.2, 0.25) is 0 Å². The highest BCUT2D eigenvalue weighted by atomic mass is 127. The molecule has 3 N–H and O–H groups in total. The van der Waals surface area contributed by atoms with E-state index in [-0.39, 0.29) is 52.9 Å². The Morgan fingerprint density at radius 1 is 1.11 bits per heavy atom. The summed E-state index contributed by atoms with van der Waals surface area (Å²) < 4.78 is 0.836. The van der Waals surface area contributed by atoms with Gasteiger partial charge in [-0.15, -0.1) is 0 Å². The van der Waals surface area contributed by atoms with Gasteiger partial charge in [0, 0.05) is 6.42 Å². The molecule has 4 rings (SSSR count). The maximum atomic E-state index is 12.6. The third kappa shape index (κ3) is 6.12. The first kappa shape index (κ1) is 31.3. The number of quaternary nitrogens is 1. The van der Waals surface area contributed by atoms with E-state index < -0.39 is 0 Å². The number of carbonyl (C=O) groups excluding carboxylic acids is 1. The fraction of sp³-hybridized carbons (Fsp3) is 0.903. The number of hydrogen-bond donors (Lipinski definition) is 3. The van der Waals surface area contributed by atoms with Crippen molar-refractivity contribution >= 4 is 5.91 Å². The Balaban J connectivity index is 0.00000380. The number of nitrogens with one attached hydrogen (secondary N) is 1. The molecule has 37 heavy (non-hydrogen) atoms. The van der Waals surface area contributed by atoms with Gasteiger partial charge in [-0.2, -0.15) is 0 Å². The molecule has 0 aliphatic heterocycles. The van der Waals surface area contributed by atoms with Crippen molar-refractivity contribution in [2.45, 2.75) is 97.2 Å². The highest BCUT2D eigenvalue weighted by Crippen LogP contribution is 2.68. The van der Waals surface area contributed by atoms with E-state index in [1.165, 1.54) is 25.7 Å². The third-order valence-corrected chi connectivity index (χ3v) is 12.0. The van der Waals surface area contributed by atoms with Crippen molar-refractivity contribution in [3.63, 3.8) is 0 Å². The SMILES string of the molecule is C=CC[N+](C)(C)CCNC(=O)CCC(C)[C@H]1CCC2C3CCC4C[C@H](O)CC[C@]4(C)C3C[C@H](O)[C@@]21C.[I-]. The number of halogens is 1. The van der Waals surface area contributed by atoms with Crippen molar-refractivity contribution in [2.75, 3.05) is 33.7 Å². The molecule has 214 valence electrons. The number of hydrogen-bond acceptors (Lipinski definition) is 3. The zero-order chi connectivity index (χ0) is 26.3. The van der Waals surface area contributed by atoms with Gasteiger partial charge < -0.3 is 44.0 Å². The summed E-state index contributed by atoms with van der Waals surface area (Å²) in [4.78, 5) is 12.6. The van der Waals surface area contributed by atoms with Crippen molar-refractivity contribution in [3.05, 3.63) is 12.7 Å². The number of rotatable bonds is 9. The van der Waals surface area contributed by atoms with Crippen molar-refractivity contribution in [2.24, 2.45) is 46.3 Å². The molecule has 4 fully saturated rings. The van der Waals surface area contributed by atoms with Crippen molar-refractivity contribution in [3.8, 4) is 0 Å². The van der Waals surface area contributed by atoms with E-state index in [9.17, 15) is 15.0 Å². The number of aliphatic hydroxyl groups is 2.